The van der Waals surface area contributed by atoms with Gasteiger partial charge in [0.05, 0.1) is 11.4 Å². The Labute approximate surface area is 127 Å². The number of aliphatic carboxylic acids is 1. The van der Waals surface area contributed by atoms with E-state index in [0.29, 0.717) is 11.3 Å². The van der Waals surface area contributed by atoms with Crippen LogP contribution in [0, 0.1) is 12.8 Å². The average molecular weight is 312 g/mol. The van der Waals surface area contributed by atoms with Gasteiger partial charge in [0.1, 0.15) is 6.04 Å². The Morgan fingerprint density at radius 1 is 1.29 bits per heavy atom. The highest BCUT2D eigenvalue weighted by Crippen LogP contribution is 2.14. The Hall–Kier alpha value is -1.89. The molecule has 1 atom stereocenters. The fraction of sp³-hybridized carbons (Fsp3) is 0.500. The molecule has 0 aliphatic heterocycles. The molecule has 2 amide bonds. The van der Waals surface area contributed by atoms with E-state index in [1.54, 1.807) is 6.07 Å². The molecular weight excluding hydrogens is 292 g/mol. The third-order valence-electron chi connectivity index (χ3n) is 2.71. The van der Waals surface area contributed by atoms with Gasteiger partial charge in [-0.1, -0.05) is 13.8 Å². The number of carbonyl (C=O) groups excluding carboxylic acids is 2. The lowest BCUT2D eigenvalue weighted by molar-refractivity contribution is -0.142. The highest BCUT2D eigenvalue weighted by molar-refractivity contribution is 7.13. The predicted molar refractivity (Wildman–Crippen MR) is 80.4 cm³/mol. The SMILES string of the molecule is Cc1ccc(C(=O)NCC(=O)N[C@H](CC(C)C)C(=O)O)s1. The van der Waals surface area contributed by atoms with Crippen LogP contribution in [-0.4, -0.2) is 35.5 Å². The van der Waals surface area contributed by atoms with Crippen molar-refractivity contribution in [2.45, 2.75) is 33.2 Å². The minimum absolute atomic E-state index is 0.148. The maximum Gasteiger partial charge on any atom is 0.326 e. The van der Waals surface area contributed by atoms with Gasteiger partial charge in [-0.3, -0.25) is 9.59 Å². The monoisotopic (exact) mass is 312 g/mol. The van der Waals surface area contributed by atoms with Gasteiger partial charge in [-0.05, 0) is 31.4 Å². The Morgan fingerprint density at radius 2 is 1.95 bits per heavy atom. The van der Waals surface area contributed by atoms with E-state index in [1.165, 1.54) is 11.3 Å². The van der Waals surface area contributed by atoms with E-state index in [0.717, 1.165) is 4.88 Å². The van der Waals surface area contributed by atoms with Crippen molar-refractivity contribution in [1.29, 1.82) is 0 Å². The molecule has 1 rings (SSSR count). The molecule has 0 spiro atoms. The third-order valence-corrected chi connectivity index (χ3v) is 3.71. The Morgan fingerprint density at radius 3 is 2.43 bits per heavy atom. The zero-order chi connectivity index (χ0) is 16.0. The molecule has 1 aromatic rings. The first-order chi connectivity index (χ1) is 9.79. The minimum Gasteiger partial charge on any atom is -0.480 e. The van der Waals surface area contributed by atoms with Crippen LogP contribution in [0.4, 0.5) is 0 Å². The summed E-state index contributed by atoms with van der Waals surface area (Å²) < 4.78 is 0. The molecule has 0 fully saturated rings. The lowest BCUT2D eigenvalue weighted by Gasteiger charge is -2.16. The van der Waals surface area contributed by atoms with Crippen molar-refractivity contribution in [3.8, 4) is 0 Å². The summed E-state index contributed by atoms with van der Waals surface area (Å²) in [5, 5.41) is 13.9. The fourth-order valence-electron chi connectivity index (χ4n) is 1.74. The molecule has 0 aromatic carbocycles. The molecule has 1 aromatic heterocycles. The van der Waals surface area contributed by atoms with Crippen molar-refractivity contribution in [3.05, 3.63) is 21.9 Å². The van der Waals surface area contributed by atoms with Crippen molar-refractivity contribution < 1.29 is 19.5 Å². The zero-order valence-corrected chi connectivity index (χ0v) is 13.1. The molecule has 6 nitrogen and oxygen atoms in total. The third kappa shape index (κ3) is 5.95. The van der Waals surface area contributed by atoms with Gasteiger partial charge in [-0.25, -0.2) is 4.79 Å². The number of hydrogen-bond donors (Lipinski definition) is 3. The first-order valence-corrected chi connectivity index (χ1v) is 7.48. The molecule has 0 unspecified atom stereocenters. The maximum atomic E-state index is 11.8. The van der Waals surface area contributed by atoms with Crippen LogP contribution >= 0.6 is 11.3 Å². The molecule has 3 N–H and O–H groups in total. The van der Waals surface area contributed by atoms with Crippen molar-refractivity contribution in [1.82, 2.24) is 10.6 Å². The van der Waals surface area contributed by atoms with E-state index in [9.17, 15) is 14.4 Å². The molecule has 7 heteroatoms. The Kier molecular flexibility index (Phi) is 6.36. The number of carboxylic acids is 1. The van der Waals surface area contributed by atoms with Crippen molar-refractivity contribution in [2.24, 2.45) is 5.92 Å². The summed E-state index contributed by atoms with van der Waals surface area (Å²) >= 11 is 1.34. The van der Waals surface area contributed by atoms with Crippen molar-refractivity contribution in [3.63, 3.8) is 0 Å². The molecule has 21 heavy (non-hydrogen) atoms. The fourth-order valence-corrected chi connectivity index (χ4v) is 2.53. The van der Waals surface area contributed by atoms with Crippen molar-refractivity contribution >= 4 is 29.1 Å². The molecule has 116 valence electrons. The second-order valence-corrected chi connectivity index (χ2v) is 6.47. The summed E-state index contributed by atoms with van der Waals surface area (Å²) in [5.74, 6) is -1.77. The molecule has 0 radical (unpaired) electrons. The molecule has 1 heterocycles. The summed E-state index contributed by atoms with van der Waals surface area (Å²) in [6.07, 6.45) is 0.346. The summed E-state index contributed by atoms with van der Waals surface area (Å²) in [4.78, 5) is 36.0. The smallest absolute Gasteiger partial charge is 0.326 e. The van der Waals surface area contributed by atoms with Gasteiger partial charge >= 0.3 is 5.97 Å². The number of hydrogen-bond acceptors (Lipinski definition) is 4. The first kappa shape index (κ1) is 17.2. The van der Waals surface area contributed by atoms with Crippen LogP contribution < -0.4 is 10.6 Å². The second kappa shape index (κ2) is 7.78. The standard InChI is InChI=1S/C14H20N2O4S/c1-8(2)6-10(14(19)20)16-12(17)7-15-13(18)11-5-4-9(3)21-11/h4-5,8,10H,6-7H2,1-3H3,(H,15,18)(H,16,17)(H,19,20)/t10-/m1/s1. The lowest BCUT2D eigenvalue weighted by atomic mass is 10.0. The molecule has 0 saturated carbocycles. The molecule has 0 aliphatic rings. The van der Waals surface area contributed by atoms with Crippen LogP contribution in [0.15, 0.2) is 12.1 Å². The number of aryl methyl sites for hydroxylation is 1. The maximum absolute atomic E-state index is 11.8. The van der Waals surface area contributed by atoms with E-state index < -0.39 is 17.9 Å². The number of carboxylic acid groups (broad SMARTS) is 1. The van der Waals surface area contributed by atoms with E-state index in [1.807, 2.05) is 26.8 Å². The zero-order valence-electron chi connectivity index (χ0n) is 12.3. The summed E-state index contributed by atoms with van der Waals surface area (Å²) in [6, 6.07) is 2.58. The average Bonchev–Trinajstić information content (AvgIpc) is 2.81. The molecule has 0 saturated heterocycles. The van der Waals surface area contributed by atoms with Crippen LogP contribution in [-0.2, 0) is 9.59 Å². The Balaban J connectivity index is 2.45. The van der Waals surface area contributed by atoms with Crippen molar-refractivity contribution in [2.75, 3.05) is 6.54 Å². The normalized spacial score (nSPS) is 12.0. The van der Waals surface area contributed by atoms with E-state index >= 15 is 0 Å². The topological polar surface area (TPSA) is 95.5 Å². The first-order valence-electron chi connectivity index (χ1n) is 6.66. The number of amides is 2. The van der Waals surface area contributed by atoms with Gasteiger partial charge in [0.25, 0.3) is 5.91 Å². The highest BCUT2D eigenvalue weighted by Gasteiger charge is 2.21. The van der Waals surface area contributed by atoms with E-state index in [4.69, 9.17) is 5.11 Å². The summed E-state index contributed by atoms with van der Waals surface area (Å²) in [6.45, 7) is 5.40. The number of rotatable bonds is 7. The van der Waals surface area contributed by atoms with Gasteiger partial charge in [0, 0.05) is 4.88 Å². The number of nitrogens with one attached hydrogen (secondary N) is 2. The van der Waals surface area contributed by atoms with Gasteiger partial charge in [-0.15, -0.1) is 11.3 Å². The Bertz CT molecular complexity index is 525. The van der Waals surface area contributed by atoms with Gasteiger partial charge < -0.3 is 15.7 Å². The highest BCUT2D eigenvalue weighted by atomic mass is 32.1. The van der Waals surface area contributed by atoms with Crippen LogP contribution in [0.25, 0.3) is 0 Å². The van der Waals surface area contributed by atoms with Gasteiger partial charge in [0.2, 0.25) is 5.91 Å². The minimum atomic E-state index is -1.07. The summed E-state index contributed by atoms with van der Waals surface area (Å²) in [7, 11) is 0. The van der Waals surface area contributed by atoms with E-state index in [2.05, 4.69) is 10.6 Å². The molecule has 0 aliphatic carbocycles. The number of carbonyl (C=O) groups is 3. The van der Waals surface area contributed by atoms with Crippen LogP contribution in [0.1, 0.15) is 34.8 Å². The largest absolute Gasteiger partial charge is 0.480 e. The predicted octanol–water partition coefficient (Wildman–Crippen LogP) is 1.40. The molecule has 0 bridgehead atoms. The van der Waals surface area contributed by atoms with Crippen LogP contribution in [0.2, 0.25) is 0 Å². The number of thiophene rings is 1. The van der Waals surface area contributed by atoms with E-state index in [-0.39, 0.29) is 18.4 Å². The summed E-state index contributed by atoms with van der Waals surface area (Å²) in [5.41, 5.74) is 0. The van der Waals surface area contributed by atoms with Crippen LogP contribution in [0.5, 0.6) is 0 Å². The lowest BCUT2D eigenvalue weighted by Crippen LogP contribution is -2.46. The van der Waals surface area contributed by atoms with Gasteiger partial charge in [0.15, 0.2) is 0 Å². The second-order valence-electron chi connectivity index (χ2n) is 5.18. The van der Waals surface area contributed by atoms with Gasteiger partial charge in [-0.2, -0.15) is 0 Å². The van der Waals surface area contributed by atoms with Crippen LogP contribution in [0.3, 0.4) is 0 Å². The quantitative estimate of drug-likeness (QED) is 0.709. The molecular formula is C14H20N2O4S.